The van der Waals surface area contributed by atoms with Crippen LogP contribution in [0.25, 0.3) is 0 Å². The van der Waals surface area contributed by atoms with E-state index in [1.165, 1.54) is 17.2 Å². The molecule has 0 saturated carbocycles. The summed E-state index contributed by atoms with van der Waals surface area (Å²) >= 11 is 0. The number of anilines is 2. The van der Waals surface area contributed by atoms with Crippen molar-refractivity contribution >= 4 is 11.8 Å². The van der Waals surface area contributed by atoms with E-state index in [9.17, 15) is 13.2 Å². The summed E-state index contributed by atoms with van der Waals surface area (Å²) in [4.78, 5) is 9.22. The van der Waals surface area contributed by atoms with Crippen molar-refractivity contribution in [1.29, 1.82) is 0 Å². The van der Waals surface area contributed by atoms with Crippen LogP contribution in [-0.4, -0.2) is 35.8 Å². The number of alkyl halides is 3. The van der Waals surface area contributed by atoms with Crippen LogP contribution >= 0.6 is 0 Å². The van der Waals surface area contributed by atoms with Gasteiger partial charge in [0.2, 0.25) is 5.95 Å². The largest absolute Gasteiger partial charge is 0.408 e. The molecule has 1 aliphatic heterocycles. The number of nitrogens with zero attached hydrogens (tertiary/aromatic N) is 3. The summed E-state index contributed by atoms with van der Waals surface area (Å²) in [6.45, 7) is 0.379. The SMILES string of the molecule is CNc1nccc(N2CCC[C@H]2C(F)(F)F)n1. The Balaban J connectivity index is 2.26. The zero-order chi connectivity index (χ0) is 12.5. The first-order chi connectivity index (χ1) is 8.02. The van der Waals surface area contributed by atoms with E-state index < -0.39 is 12.2 Å². The van der Waals surface area contributed by atoms with E-state index in [1.807, 2.05) is 0 Å². The van der Waals surface area contributed by atoms with E-state index in [1.54, 1.807) is 7.05 Å². The smallest absolute Gasteiger partial charge is 0.357 e. The van der Waals surface area contributed by atoms with Crippen molar-refractivity contribution in [2.24, 2.45) is 0 Å². The highest BCUT2D eigenvalue weighted by molar-refractivity contribution is 5.44. The molecule has 94 valence electrons. The van der Waals surface area contributed by atoms with Crippen molar-refractivity contribution in [3.05, 3.63) is 12.3 Å². The molecule has 2 rings (SSSR count). The molecule has 17 heavy (non-hydrogen) atoms. The van der Waals surface area contributed by atoms with Crippen LogP contribution in [0.5, 0.6) is 0 Å². The van der Waals surface area contributed by atoms with Gasteiger partial charge in [0.1, 0.15) is 11.9 Å². The lowest BCUT2D eigenvalue weighted by Gasteiger charge is -2.27. The van der Waals surface area contributed by atoms with Crippen LogP contribution in [0.1, 0.15) is 12.8 Å². The predicted octanol–water partition coefficient (Wildman–Crippen LogP) is 2.05. The van der Waals surface area contributed by atoms with Crippen LogP contribution in [0.15, 0.2) is 12.3 Å². The standard InChI is InChI=1S/C10H13F3N4/c1-14-9-15-5-4-8(16-9)17-6-2-3-7(17)10(11,12)13/h4-5,7H,2-3,6H2,1H3,(H,14,15,16)/t7-/m0/s1. The first kappa shape index (κ1) is 11.9. The van der Waals surface area contributed by atoms with Gasteiger partial charge in [0, 0.05) is 19.8 Å². The van der Waals surface area contributed by atoms with Gasteiger partial charge in [-0.15, -0.1) is 0 Å². The second-order valence-electron chi connectivity index (χ2n) is 3.88. The third kappa shape index (κ3) is 2.42. The van der Waals surface area contributed by atoms with E-state index in [4.69, 9.17) is 0 Å². The maximum Gasteiger partial charge on any atom is 0.408 e. The minimum Gasteiger partial charge on any atom is -0.357 e. The van der Waals surface area contributed by atoms with Crippen molar-refractivity contribution in [2.45, 2.75) is 25.1 Å². The molecule has 7 heteroatoms. The maximum atomic E-state index is 12.8. The normalized spacial score (nSPS) is 20.7. The van der Waals surface area contributed by atoms with Crippen molar-refractivity contribution in [3.63, 3.8) is 0 Å². The molecule has 0 bridgehead atoms. The fraction of sp³-hybridized carbons (Fsp3) is 0.600. The number of rotatable bonds is 2. The number of hydrogen-bond acceptors (Lipinski definition) is 4. The van der Waals surface area contributed by atoms with Crippen LogP contribution in [0.2, 0.25) is 0 Å². The Hall–Kier alpha value is -1.53. The van der Waals surface area contributed by atoms with Gasteiger partial charge in [-0.25, -0.2) is 4.98 Å². The summed E-state index contributed by atoms with van der Waals surface area (Å²) in [5.74, 6) is 0.652. The van der Waals surface area contributed by atoms with Crippen LogP contribution in [0.4, 0.5) is 24.9 Å². The fourth-order valence-corrected chi connectivity index (χ4v) is 2.01. The van der Waals surface area contributed by atoms with E-state index in [-0.39, 0.29) is 6.42 Å². The summed E-state index contributed by atoms with van der Waals surface area (Å²) < 4.78 is 38.3. The Morgan fingerprint density at radius 1 is 1.47 bits per heavy atom. The quantitative estimate of drug-likeness (QED) is 0.867. The first-order valence-corrected chi connectivity index (χ1v) is 5.36. The summed E-state index contributed by atoms with van der Waals surface area (Å²) in [6, 6.07) is 0.0763. The van der Waals surface area contributed by atoms with E-state index in [2.05, 4.69) is 15.3 Å². The molecule has 0 unspecified atom stereocenters. The highest BCUT2D eigenvalue weighted by atomic mass is 19.4. The highest BCUT2D eigenvalue weighted by Gasteiger charge is 2.46. The lowest BCUT2D eigenvalue weighted by molar-refractivity contribution is -0.146. The van der Waals surface area contributed by atoms with Gasteiger partial charge < -0.3 is 10.2 Å². The van der Waals surface area contributed by atoms with Gasteiger partial charge in [0.25, 0.3) is 0 Å². The second kappa shape index (κ2) is 4.38. The average Bonchev–Trinajstić information content (AvgIpc) is 2.77. The van der Waals surface area contributed by atoms with Crippen LogP contribution < -0.4 is 10.2 Å². The van der Waals surface area contributed by atoms with E-state index in [0.717, 1.165) is 0 Å². The Morgan fingerprint density at radius 3 is 2.88 bits per heavy atom. The average molecular weight is 246 g/mol. The lowest BCUT2D eigenvalue weighted by Crippen LogP contribution is -2.41. The van der Waals surface area contributed by atoms with Crippen molar-refractivity contribution in [1.82, 2.24) is 9.97 Å². The fourth-order valence-electron chi connectivity index (χ4n) is 2.01. The zero-order valence-corrected chi connectivity index (χ0v) is 9.33. The topological polar surface area (TPSA) is 41.1 Å². The van der Waals surface area contributed by atoms with E-state index in [0.29, 0.717) is 24.7 Å². The molecule has 0 radical (unpaired) electrons. The van der Waals surface area contributed by atoms with Gasteiger partial charge >= 0.3 is 6.18 Å². The summed E-state index contributed by atoms with van der Waals surface area (Å²) in [5.41, 5.74) is 0. The Morgan fingerprint density at radius 2 is 2.24 bits per heavy atom. The lowest BCUT2D eigenvalue weighted by atomic mass is 10.2. The van der Waals surface area contributed by atoms with E-state index >= 15 is 0 Å². The molecule has 1 saturated heterocycles. The summed E-state index contributed by atoms with van der Waals surface area (Å²) in [5, 5.41) is 2.71. The molecule has 1 aromatic rings. The number of nitrogens with one attached hydrogen (secondary N) is 1. The van der Waals surface area contributed by atoms with Gasteiger partial charge in [-0.1, -0.05) is 0 Å². The molecular formula is C10H13F3N4. The Bertz CT molecular complexity index is 393. The molecule has 1 aromatic heterocycles. The van der Waals surface area contributed by atoms with Crippen molar-refractivity contribution in [2.75, 3.05) is 23.8 Å². The van der Waals surface area contributed by atoms with Gasteiger partial charge in [0.05, 0.1) is 0 Å². The van der Waals surface area contributed by atoms with Crippen molar-refractivity contribution < 1.29 is 13.2 Å². The maximum absolute atomic E-state index is 12.8. The van der Waals surface area contributed by atoms with Gasteiger partial charge in [-0.2, -0.15) is 18.2 Å². The molecule has 0 spiro atoms. The molecule has 0 aliphatic carbocycles. The van der Waals surface area contributed by atoms with Crippen LogP contribution in [-0.2, 0) is 0 Å². The molecule has 1 atom stereocenters. The first-order valence-electron chi connectivity index (χ1n) is 5.36. The molecule has 1 fully saturated rings. The molecule has 1 aliphatic rings. The predicted molar refractivity (Wildman–Crippen MR) is 58.0 cm³/mol. The molecule has 2 heterocycles. The third-order valence-corrected chi connectivity index (χ3v) is 2.79. The third-order valence-electron chi connectivity index (χ3n) is 2.79. The number of hydrogen-bond donors (Lipinski definition) is 1. The van der Waals surface area contributed by atoms with Crippen molar-refractivity contribution in [3.8, 4) is 0 Å². The van der Waals surface area contributed by atoms with Crippen LogP contribution in [0, 0.1) is 0 Å². The van der Waals surface area contributed by atoms with Crippen LogP contribution in [0.3, 0.4) is 0 Å². The van der Waals surface area contributed by atoms with Gasteiger partial charge in [0.15, 0.2) is 0 Å². The zero-order valence-electron chi connectivity index (χ0n) is 9.33. The minimum atomic E-state index is -4.21. The molecule has 0 aromatic carbocycles. The minimum absolute atomic E-state index is 0.127. The number of halogens is 3. The Labute approximate surface area is 96.9 Å². The highest BCUT2D eigenvalue weighted by Crippen LogP contribution is 2.35. The monoisotopic (exact) mass is 246 g/mol. The molecule has 1 N–H and O–H groups in total. The molecule has 0 amide bonds. The second-order valence-corrected chi connectivity index (χ2v) is 3.88. The summed E-state index contributed by atoms with van der Waals surface area (Å²) in [6.07, 6.45) is -2.09. The van der Waals surface area contributed by atoms with Gasteiger partial charge in [-0.3, -0.25) is 0 Å². The molecule has 4 nitrogen and oxygen atoms in total. The Kier molecular flexibility index (Phi) is 3.08. The number of aromatic nitrogens is 2. The molecular weight excluding hydrogens is 233 g/mol. The summed E-state index contributed by atoms with van der Waals surface area (Å²) in [7, 11) is 1.63. The van der Waals surface area contributed by atoms with Gasteiger partial charge in [-0.05, 0) is 18.9 Å².